The number of nitrogens with two attached hydrogens (primary N) is 2. The van der Waals surface area contributed by atoms with Crippen LogP contribution in [-0.4, -0.2) is 5.25 Å². The monoisotopic (exact) mass is 205 g/mol. The normalized spacial score (nSPS) is 17.7. The molecule has 10 heavy (non-hydrogen) atoms. The molecule has 0 saturated heterocycles. The summed E-state index contributed by atoms with van der Waals surface area (Å²) in [6.07, 6.45) is 6.79. The minimum atomic E-state index is 0. The van der Waals surface area contributed by atoms with Crippen molar-refractivity contribution in [3.8, 4) is 0 Å². The first-order valence-electron chi connectivity index (χ1n) is 3.05. The maximum absolute atomic E-state index is 5.09. The topological polar surface area (TPSA) is 67.0 Å². The van der Waals surface area contributed by atoms with Gasteiger partial charge in [0, 0.05) is 0 Å². The van der Waals surface area contributed by atoms with E-state index in [9.17, 15) is 0 Å². The van der Waals surface area contributed by atoms with Crippen molar-refractivity contribution in [1.29, 1.82) is 0 Å². The quantitative estimate of drug-likeness (QED) is 0.442. The minimum Gasteiger partial charge on any atom is -0.789 e. The molecule has 65 valence electrons. The van der Waals surface area contributed by atoms with Crippen molar-refractivity contribution >= 4 is 12.6 Å². The Morgan fingerprint density at radius 2 is 1.30 bits per heavy atom. The maximum Gasteiger partial charge on any atom is 3.00 e. The third kappa shape index (κ3) is 6.88. The number of rotatable bonds is 0. The molecule has 2 nitrogen and oxygen atoms in total. The molecule has 1 radical (unpaired) electrons. The summed E-state index contributed by atoms with van der Waals surface area (Å²) in [5.41, 5.74) is 0. The molecule has 4 N–H and O–H groups in total. The molecular formula is C6H15N2NiS. The Hall–Kier alpha value is 0.764. The van der Waals surface area contributed by atoms with E-state index in [0.29, 0.717) is 5.25 Å². The Balaban J connectivity index is -0.000000163. The van der Waals surface area contributed by atoms with E-state index < -0.39 is 0 Å². The van der Waals surface area contributed by atoms with Gasteiger partial charge in [-0.15, -0.1) is 0 Å². The van der Waals surface area contributed by atoms with Crippen molar-refractivity contribution < 1.29 is 16.5 Å². The average Bonchev–Trinajstić information content (AvgIpc) is 1.69. The summed E-state index contributed by atoms with van der Waals surface area (Å²) < 4.78 is 0. The molecule has 1 saturated carbocycles. The van der Waals surface area contributed by atoms with Gasteiger partial charge in [-0.2, -0.15) is 5.25 Å². The van der Waals surface area contributed by atoms with Gasteiger partial charge in [0.05, 0.1) is 0 Å². The Morgan fingerprint density at radius 1 is 0.900 bits per heavy atom. The van der Waals surface area contributed by atoms with Crippen LogP contribution in [0.25, 0.3) is 12.3 Å². The molecule has 0 aromatic carbocycles. The number of hydrogen-bond acceptors (Lipinski definition) is 1. The first-order chi connectivity index (χ1) is 3.39. The van der Waals surface area contributed by atoms with Crippen LogP contribution < -0.4 is 0 Å². The Bertz CT molecular complexity index is 57.7. The molecule has 0 spiro atoms. The van der Waals surface area contributed by atoms with Gasteiger partial charge in [-0.1, -0.05) is 32.1 Å². The van der Waals surface area contributed by atoms with Crippen molar-refractivity contribution in [3.05, 3.63) is 12.3 Å². The SMILES string of the molecule is [NH2-].[NH2-].[Ni+3].[S-]C1CCCCC1. The molecule has 0 amide bonds. The van der Waals surface area contributed by atoms with E-state index in [4.69, 9.17) is 12.6 Å². The second-order valence-corrected chi connectivity index (χ2v) is 2.93. The van der Waals surface area contributed by atoms with Gasteiger partial charge < -0.3 is 24.9 Å². The molecule has 1 aliphatic rings. The summed E-state index contributed by atoms with van der Waals surface area (Å²) in [6.45, 7) is 0. The molecule has 0 aliphatic heterocycles. The molecule has 1 aliphatic carbocycles. The fourth-order valence-corrected chi connectivity index (χ4v) is 1.40. The van der Waals surface area contributed by atoms with E-state index in [1.165, 1.54) is 32.1 Å². The van der Waals surface area contributed by atoms with Gasteiger partial charge in [0.2, 0.25) is 0 Å². The summed E-state index contributed by atoms with van der Waals surface area (Å²) in [5, 5.41) is 0.619. The molecule has 0 heterocycles. The summed E-state index contributed by atoms with van der Waals surface area (Å²) in [7, 11) is 0. The zero-order valence-corrected chi connectivity index (χ0v) is 7.80. The third-order valence-corrected chi connectivity index (χ3v) is 2.02. The van der Waals surface area contributed by atoms with Crippen LogP contribution in [0.5, 0.6) is 0 Å². The predicted octanol–water partition coefficient (Wildman–Crippen LogP) is 3.30. The summed E-state index contributed by atoms with van der Waals surface area (Å²) >= 11 is 5.09. The molecule has 1 rings (SSSR count). The molecule has 0 bridgehead atoms. The van der Waals surface area contributed by atoms with Crippen LogP contribution in [0.15, 0.2) is 0 Å². The fourth-order valence-electron chi connectivity index (χ4n) is 1.07. The van der Waals surface area contributed by atoms with E-state index in [1.54, 1.807) is 0 Å². The predicted molar refractivity (Wildman–Crippen MR) is 44.8 cm³/mol. The molecule has 0 unspecified atom stereocenters. The van der Waals surface area contributed by atoms with Crippen LogP contribution in [0.1, 0.15) is 32.1 Å². The van der Waals surface area contributed by atoms with Crippen molar-refractivity contribution in [3.63, 3.8) is 0 Å². The van der Waals surface area contributed by atoms with Gasteiger partial charge in [-0.05, 0) is 0 Å². The smallest absolute Gasteiger partial charge is 0.789 e. The van der Waals surface area contributed by atoms with E-state index in [0.717, 1.165) is 0 Å². The van der Waals surface area contributed by atoms with Crippen molar-refractivity contribution in [2.75, 3.05) is 0 Å². The van der Waals surface area contributed by atoms with Gasteiger partial charge in [0.1, 0.15) is 0 Å². The van der Waals surface area contributed by atoms with Crippen LogP contribution in [0, 0.1) is 0 Å². The van der Waals surface area contributed by atoms with Crippen LogP contribution in [0.3, 0.4) is 0 Å². The Kier molecular flexibility index (Phi) is 16.6. The molecule has 1 fully saturated rings. The van der Waals surface area contributed by atoms with Gasteiger partial charge in [0.15, 0.2) is 0 Å². The first-order valence-corrected chi connectivity index (χ1v) is 3.52. The molecule has 4 heteroatoms. The summed E-state index contributed by atoms with van der Waals surface area (Å²) in [5.74, 6) is 0. The van der Waals surface area contributed by atoms with E-state index in [1.807, 2.05) is 0 Å². The molecule has 0 aromatic heterocycles. The van der Waals surface area contributed by atoms with Crippen LogP contribution in [-0.2, 0) is 29.1 Å². The zero-order chi connectivity index (χ0) is 5.11. The molecule has 0 aromatic rings. The summed E-state index contributed by atoms with van der Waals surface area (Å²) in [6, 6.07) is 0. The summed E-state index contributed by atoms with van der Waals surface area (Å²) in [4.78, 5) is 0. The van der Waals surface area contributed by atoms with Crippen LogP contribution >= 0.6 is 0 Å². The molecule has 0 atom stereocenters. The van der Waals surface area contributed by atoms with Gasteiger partial charge in [-0.3, -0.25) is 0 Å². The van der Waals surface area contributed by atoms with Crippen LogP contribution in [0.4, 0.5) is 0 Å². The van der Waals surface area contributed by atoms with Gasteiger partial charge >= 0.3 is 16.5 Å². The standard InChI is InChI=1S/C6H12S.2H2N.Ni/c7-6-4-2-1-3-5-6;;;/h6-7H,1-5H2;2*1H2;/q;2*-1;+3/p-1. The van der Waals surface area contributed by atoms with E-state index >= 15 is 0 Å². The zero-order valence-electron chi connectivity index (χ0n) is 5.99. The Labute approximate surface area is 79.0 Å². The second kappa shape index (κ2) is 9.76. The van der Waals surface area contributed by atoms with Gasteiger partial charge in [-0.25, -0.2) is 0 Å². The van der Waals surface area contributed by atoms with Crippen molar-refractivity contribution in [2.24, 2.45) is 0 Å². The Morgan fingerprint density at radius 3 is 1.50 bits per heavy atom. The van der Waals surface area contributed by atoms with Gasteiger partial charge in [0.25, 0.3) is 0 Å². The van der Waals surface area contributed by atoms with E-state index in [2.05, 4.69) is 0 Å². The fraction of sp³-hybridized carbons (Fsp3) is 1.00. The van der Waals surface area contributed by atoms with Crippen LogP contribution in [0.2, 0.25) is 0 Å². The minimum absolute atomic E-state index is 0. The largest absolute Gasteiger partial charge is 3.00 e. The van der Waals surface area contributed by atoms with Crippen molar-refractivity contribution in [1.82, 2.24) is 0 Å². The van der Waals surface area contributed by atoms with Crippen molar-refractivity contribution in [2.45, 2.75) is 37.4 Å². The van der Waals surface area contributed by atoms with E-state index in [-0.39, 0.29) is 28.8 Å². The molecular weight excluding hydrogens is 191 g/mol. The maximum atomic E-state index is 5.09. The first kappa shape index (κ1) is 17.0. The third-order valence-electron chi connectivity index (χ3n) is 1.55. The second-order valence-electron chi connectivity index (χ2n) is 2.26. The number of hydrogen-bond donors (Lipinski definition) is 0. The average molecular weight is 206 g/mol.